The first kappa shape index (κ1) is 12.9. The van der Waals surface area contributed by atoms with Gasteiger partial charge in [0, 0.05) is 19.3 Å². The molecule has 0 aliphatic carbocycles. The lowest BCUT2D eigenvalue weighted by molar-refractivity contribution is 0.142. The molecule has 3 nitrogen and oxygen atoms in total. The molecule has 1 atom stereocenters. The van der Waals surface area contributed by atoms with Crippen molar-refractivity contribution in [2.24, 2.45) is 0 Å². The molecule has 90 valence electrons. The second-order valence-electron chi connectivity index (χ2n) is 4.70. The maximum atomic E-state index is 5.44. The van der Waals surface area contributed by atoms with Gasteiger partial charge in [-0.15, -0.1) is 0 Å². The summed E-state index contributed by atoms with van der Waals surface area (Å²) in [6.07, 6.45) is 6.27. The van der Waals surface area contributed by atoms with E-state index in [0.717, 1.165) is 13.2 Å². The van der Waals surface area contributed by atoms with E-state index in [2.05, 4.69) is 24.3 Å². The Labute approximate surface area is 94.2 Å². The summed E-state index contributed by atoms with van der Waals surface area (Å²) in [5, 5.41) is 3.64. The number of ether oxygens (including phenoxy) is 1. The molecule has 1 heterocycles. The molecule has 0 saturated carbocycles. The lowest BCUT2D eigenvalue weighted by atomic mass is 10.1. The minimum absolute atomic E-state index is 0.701. The third kappa shape index (κ3) is 6.88. The van der Waals surface area contributed by atoms with Gasteiger partial charge in [0.05, 0.1) is 0 Å². The molecule has 0 aromatic carbocycles. The van der Waals surface area contributed by atoms with Crippen LogP contribution in [0.25, 0.3) is 0 Å². The number of nitrogens with one attached hydrogen (secondary N) is 1. The highest BCUT2D eigenvalue weighted by atomic mass is 16.5. The van der Waals surface area contributed by atoms with Gasteiger partial charge in [0.1, 0.15) is 0 Å². The Hall–Kier alpha value is -0.120. The minimum atomic E-state index is 0.701. The van der Waals surface area contributed by atoms with E-state index in [1.165, 1.54) is 45.2 Å². The summed E-state index contributed by atoms with van der Waals surface area (Å²) in [5.74, 6) is 0. The van der Waals surface area contributed by atoms with Gasteiger partial charge < -0.3 is 15.0 Å². The normalized spacial score (nSPS) is 23.0. The van der Waals surface area contributed by atoms with Gasteiger partial charge in [-0.2, -0.15) is 0 Å². The zero-order valence-electron chi connectivity index (χ0n) is 10.3. The molecule has 15 heavy (non-hydrogen) atoms. The summed E-state index contributed by atoms with van der Waals surface area (Å²) in [7, 11) is 4.27. The molecule has 1 fully saturated rings. The molecule has 1 aliphatic rings. The molecule has 0 bridgehead atoms. The van der Waals surface area contributed by atoms with Crippen molar-refractivity contribution in [1.82, 2.24) is 10.2 Å². The standard InChI is InChI=1S/C12H26N2O/c1-14(2)9-4-3-8-13-12-6-5-10-15-11-7-12/h12-13H,3-11H2,1-2H3. The van der Waals surface area contributed by atoms with E-state index >= 15 is 0 Å². The fraction of sp³-hybridized carbons (Fsp3) is 1.00. The van der Waals surface area contributed by atoms with Gasteiger partial charge in [-0.05, 0) is 59.3 Å². The van der Waals surface area contributed by atoms with E-state index in [9.17, 15) is 0 Å². The molecule has 1 saturated heterocycles. The van der Waals surface area contributed by atoms with Crippen molar-refractivity contribution in [3.05, 3.63) is 0 Å². The van der Waals surface area contributed by atoms with Gasteiger partial charge in [-0.1, -0.05) is 0 Å². The van der Waals surface area contributed by atoms with Gasteiger partial charge in [-0.25, -0.2) is 0 Å². The van der Waals surface area contributed by atoms with E-state index in [4.69, 9.17) is 4.74 Å². The van der Waals surface area contributed by atoms with Crippen LogP contribution in [0.5, 0.6) is 0 Å². The van der Waals surface area contributed by atoms with Gasteiger partial charge in [0.25, 0.3) is 0 Å². The zero-order chi connectivity index (χ0) is 10.9. The highest BCUT2D eigenvalue weighted by molar-refractivity contribution is 4.69. The fourth-order valence-electron chi connectivity index (χ4n) is 1.97. The van der Waals surface area contributed by atoms with Gasteiger partial charge in [0.15, 0.2) is 0 Å². The zero-order valence-corrected chi connectivity index (χ0v) is 10.3. The number of hydrogen-bond acceptors (Lipinski definition) is 3. The van der Waals surface area contributed by atoms with E-state index in [1.54, 1.807) is 0 Å². The van der Waals surface area contributed by atoms with Crippen LogP contribution < -0.4 is 5.32 Å². The Balaban J connectivity index is 1.94. The molecular formula is C12H26N2O. The Morgan fingerprint density at radius 3 is 2.87 bits per heavy atom. The van der Waals surface area contributed by atoms with E-state index < -0.39 is 0 Å². The number of unbranched alkanes of at least 4 members (excludes halogenated alkanes) is 1. The van der Waals surface area contributed by atoms with Crippen molar-refractivity contribution in [2.75, 3.05) is 40.4 Å². The smallest absolute Gasteiger partial charge is 0.0480 e. The van der Waals surface area contributed by atoms with Crippen LogP contribution in [-0.4, -0.2) is 51.3 Å². The van der Waals surface area contributed by atoms with Crippen LogP contribution in [0.15, 0.2) is 0 Å². The van der Waals surface area contributed by atoms with Gasteiger partial charge in [0.2, 0.25) is 0 Å². The molecule has 1 aliphatic heterocycles. The van der Waals surface area contributed by atoms with Crippen LogP contribution in [-0.2, 0) is 4.74 Å². The lowest BCUT2D eigenvalue weighted by Crippen LogP contribution is -2.30. The van der Waals surface area contributed by atoms with Crippen molar-refractivity contribution >= 4 is 0 Å². The second-order valence-corrected chi connectivity index (χ2v) is 4.70. The maximum absolute atomic E-state index is 5.44. The van der Waals surface area contributed by atoms with Crippen molar-refractivity contribution < 1.29 is 4.74 Å². The van der Waals surface area contributed by atoms with Crippen molar-refractivity contribution in [1.29, 1.82) is 0 Å². The van der Waals surface area contributed by atoms with E-state index in [1.807, 2.05) is 0 Å². The van der Waals surface area contributed by atoms with Crippen molar-refractivity contribution in [3.8, 4) is 0 Å². The quantitative estimate of drug-likeness (QED) is 0.678. The summed E-state index contributed by atoms with van der Waals surface area (Å²) >= 11 is 0. The lowest BCUT2D eigenvalue weighted by Gasteiger charge is -2.16. The summed E-state index contributed by atoms with van der Waals surface area (Å²) in [4.78, 5) is 2.25. The molecule has 0 amide bonds. The predicted molar refractivity (Wildman–Crippen MR) is 64.2 cm³/mol. The Kier molecular flexibility index (Phi) is 6.98. The summed E-state index contributed by atoms with van der Waals surface area (Å²) in [6.45, 7) is 4.27. The minimum Gasteiger partial charge on any atom is -0.381 e. The first-order valence-corrected chi connectivity index (χ1v) is 6.25. The monoisotopic (exact) mass is 214 g/mol. The maximum Gasteiger partial charge on any atom is 0.0480 e. The summed E-state index contributed by atoms with van der Waals surface area (Å²) in [6, 6.07) is 0.701. The molecule has 0 aromatic heterocycles. The number of hydrogen-bond donors (Lipinski definition) is 1. The molecule has 0 radical (unpaired) electrons. The molecule has 1 rings (SSSR count). The molecular weight excluding hydrogens is 188 g/mol. The molecule has 1 N–H and O–H groups in total. The number of nitrogens with zero attached hydrogens (tertiary/aromatic N) is 1. The average Bonchev–Trinajstić information content (AvgIpc) is 2.45. The first-order chi connectivity index (χ1) is 7.29. The molecule has 0 aromatic rings. The molecule has 1 unspecified atom stereocenters. The average molecular weight is 214 g/mol. The Morgan fingerprint density at radius 1 is 1.20 bits per heavy atom. The fourth-order valence-corrected chi connectivity index (χ4v) is 1.97. The van der Waals surface area contributed by atoms with Crippen LogP contribution in [0.2, 0.25) is 0 Å². The van der Waals surface area contributed by atoms with Crippen LogP contribution in [0.1, 0.15) is 32.1 Å². The highest BCUT2D eigenvalue weighted by Gasteiger charge is 2.10. The van der Waals surface area contributed by atoms with E-state index in [0.29, 0.717) is 6.04 Å². The van der Waals surface area contributed by atoms with Crippen molar-refractivity contribution in [3.63, 3.8) is 0 Å². The highest BCUT2D eigenvalue weighted by Crippen LogP contribution is 2.07. The van der Waals surface area contributed by atoms with Crippen LogP contribution in [0.4, 0.5) is 0 Å². The Bertz CT molecular complexity index is 143. The van der Waals surface area contributed by atoms with E-state index in [-0.39, 0.29) is 0 Å². The van der Waals surface area contributed by atoms with Gasteiger partial charge >= 0.3 is 0 Å². The third-order valence-electron chi connectivity index (χ3n) is 2.92. The summed E-state index contributed by atoms with van der Waals surface area (Å²) in [5.41, 5.74) is 0. The Morgan fingerprint density at radius 2 is 2.07 bits per heavy atom. The number of rotatable bonds is 6. The van der Waals surface area contributed by atoms with Gasteiger partial charge in [-0.3, -0.25) is 0 Å². The molecule has 0 spiro atoms. The van der Waals surface area contributed by atoms with Crippen LogP contribution in [0.3, 0.4) is 0 Å². The van der Waals surface area contributed by atoms with Crippen LogP contribution in [0, 0.1) is 0 Å². The topological polar surface area (TPSA) is 24.5 Å². The largest absolute Gasteiger partial charge is 0.381 e. The second kappa shape index (κ2) is 8.08. The van der Waals surface area contributed by atoms with Crippen molar-refractivity contribution in [2.45, 2.75) is 38.1 Å². The summed E-state index contributed by atoms with van der Waals surface area (Å²) < 4.78 is 5.44. The molecule has 3 heteroatoms. The first-order valence-electron chi connectivity index (χ1n) is 6.25. The predicted octanol–water partition coefficient (Wildman–Crippen LogP) is 1.49. The van der Waals surface area contributed by atoms with Crippen LogP contribution >= 0.6 is 0 Å². The SMILES string of the molecule is CN(C)CCCCNC1CCCOCC1. The third-order valence-corrected chi connectivity index (χ3v) is 2.92.